The van der Waals surface area contributed by atoms with Gasteiger partial charge in [-0.05, 0) is 31.2 Å². The van der Waals surface area contributed by atoms with Crippen molar-refractivity contribution < 1.29 is 23.5 Å². The number of ether oxygens (including phenoxy) is 2. The number of benzene rings is 1. The minimum absolute atomic E-state index is 0.0177. The summed E-state index contributed by atoms with van der Waals surface area (Å²) in [6.07, 6.45) is 1.91. The number of hydrogen-bond acceptors (Lipinski definition) is 6. The molecule has 1 amide bonds. The molecule has 0 aliphatic heterocycles. The zero-order valence-electron chi connectivity index (χ0n) is 14.7. The number of methoxy groups -OCH3 is 1. The number of anilines is 1. The van der Waals surface area contributed by atoms with Crippen molar-refractivity contribution in [2.24, 2.45) is 0 Å². The smallest absolute Gasteiger partial charge is 0.311 e. The Bertz CT molecular complexity index is 968. The fourth-order valence-electron chi connectivity index (χ4n) is 2.45. The maximum atomic E-state index is 12.2. The lowest BCUT2D eigenvalue weighted by atomic mass is 10.1. The van der Waals surface area contributed by atoms with E-state index in [2.05, 4.69) is 10.3 Å². The van der Waals surface area contributed by atoms with Crippen LogP contribution in [0.2, 0.25) is 5.02 Å². The van der Waals surface area contributed by atoms with Gasteiger partial charge in [-0.15, -0.1) is 0 Å². The molecule has 0 saturated heterocycles. The van der Waals surface area contributed by atoms with E-state index in [1.165, 1.54) is 19.4 Å². The average Bonchev–Trinajstić information content (AvgIpc) is 3.05. The first-order valence-electron chi connectivity index (χ1n) is 8.12. The summed E-state index contributed by atoms with van der Waals surface area (Å²) < 4.78 is 15.8. The summed E-state index contributed by atoms with van der Waals surface area (Å²) in [5.74, 6) is -0.0469. The molecule has 8 heteroatoms. The zero-order valence-corrected chi connectivity index (χ0v) is 15.4. The van der Waals surface area contributed by atoms with Gasteiger partial charge in [-0.2, -0.15) is 0 Å². The molecule has 0 radical (unpaired) electrons. The van der Waals surface area contributed by atoms with E-state index in [0.29, 0.717) is 27.7 Å². The Balaban J connectivity index is 1.60. The molecule has 0 saturated carbocycles. The third-order valence-electron chi connectivity index (χ3n) is 3.85. The summed E-state index contributed by atoms with van der Waals surface area (Å²) in [6.45, 7) is 1.49. The van der Waals surface area contributed by atoms with Crippen molar-refractivity contribution in [3.63, 3.8) is 0 Å². The monoisotopic (exact) mass is 388 g/mol. The van der Waals surface area contributed by atoms with Crippen molar-refractivity contribution in [2.45, 2.75) is 19.4 Å². The van der Waals surface area contributed by atoms with Crippen LogP contribution in [0.15, 0.2) is 47.2 Å². The van der Waals surface area contributed by atoms with Crippen LogP contribution in [0.3, 0.4) is 0 Å². The summed E-state index contributed by atoms with van der Waals surface area (Å²) in [5.41, 5.74) is 1.28. The van der Waals surface area contributed by atoms with E-state index in [9.17, 15) is 9.59 Å². The van der Waals surface area contributed by atoms with Crippen molar-refractivity contribution in [3.8, 4) is 5.75 Å². The maximum absolute atomic E-state index is 12.2. The molecule has 0 aliphatic carbocycles. The molecule has 2 aromatic heterocycles. The number of esters is 1. The Labute approximate surface area is 160 Å². The third-order valence-corrected chi connectivity index (χ3v) is 4.08. The van der Waals surface area contributed by atoms with E-state index >= 15 is 0 Å². The quantitative estimate of drug-likeness (QED) is 0.649. The van der Waals surface area contributed by atoms with Crippen molar-refractivity contribution >= 4 is 40.3 Å². The number of rotatable bonds is 6. The molecule has 1 aromatic carbocycles. The summed E-state index contributed by atoms with van der Waals surface area (Å²) in [6, 6.07) is 8.48. The first-order chi connectivity index (χ1) is 13.0. The number of nitrogens with zero attached hydrogens (tertiary/aromatic N) is 1. The van der Waals surface area contributed by atoms with Crippen molar-refractivity contribution in [1.82, 2.24) is 4.98 Å². The van der Waals surface area contributed by atoms with Gasteiger partial charge < -0.3 is 19.2 Å². The van der Waals surface area contributed by atoms with Gasteiger partial charge in [0.15, 0.2) is 6.10 Å². The fraction of sp³-hybridized carbons (Fsp3) is 0.211. The second kappa shape index (κ2) is 8.09. The van der Waals surface area contributed by atoms with E-state index in [1.54, 1.807) is 31.4 Å². The predicted molar refractivity (Wildman–Crippen MR) is 99.9 cm³/mol. The highest BCUT2D eigenvalue weighted by Crippen LogP contribution is 2.26. The Kier molecular flexibility index (Phi) is 5.61. The molecule has 140 valence electrons. The van der Waals surface area contributed by atoms with Gasteiger partial charge in [0.25, 0.3) is 5.91 Å². The van der Waals surface area contributed by atoms with Crippen LogP contribution in [0.4, 0.5) is 5.82 Å². The Hall–Kier alpha value is -3.06. The van der Waals surface area contributed by atoms with Crippen LogP contribution in [-0.2, 0) is 20.7 Å². The van der Waals surface area contributed by atoms with Crippen molar-refractivity contribution in [2.75, 3.05) is 12.4 Å². The molecular formula is C19H17ClN2O5. The predicted octanol–water partition coefficient (Wildman–Crippen LogP) is 3.60. The Morgan fingerprint density at radius 2 is 2.11 bits per heavy atom. The Morgan fingerprint density at radius 3 is 2.81 bits per heavy atom. The van der Waals surface area contributed by atoms with Crippen LogP contribution in [0.1, 0.15) is 12.5 Å². The van der Waals surface area contributed by atoms with Gasteiger partial charge in [0.2, 0.25) is 0 Å². The van der Waals surface area contributed by atoms with E-state index in [0.717, 1.165) is 5.39 Å². The second-order valence-corrected chi connectivity index (χ2v) is 6.22. The van der Waals surface area contributed by atoms with Gasteiger partial charge in [0.05, 0.1) is 24.8 Å². The van der Waals surface area contributed by atoms with Crippen LogP contribution in [0.25, 0.3) is 11.0 Å². The first-order valence-corrected chi connectivity index (χ1v) is 8.50. The normalized spacial score (nSPS) is 11.8. The number of fused-ring (bicyclic) bond motifs is 1. The second-order valence-electron chi connectivity index (χ2n) is 5.78. The largest absolute Gasteiger partial charge is 0.497 e. The standard InChI is InChI=1S/C19H17ClN2O5/c1-11(19(24)22-17-6-3-13(20)9-21-17)27-18(23)7-12-10-26-16-8-14(25-2)4-5-15(12)16/h3-6,8-11H,7H2,1-2H3,(H,21,22,24)/t11-/m0/s1. The number of carbonyl (C=O) groups is 2. The molecule has 3 aromatic rings. The Morgan fingerprint density at radius 1 is 1.30 bits per heavy atom. The van der Waals surface area contributed by atoms with Crippen LogP contribution < -0.4 is 10.1 Å². The van der Waals surface area contributed by atoms with Gasteiger partial charge >= 0.3 is 5.97 Å². The van der Waals surface area contributed by atoms with E-state index in [1.807, 2.05) is 6.07 Å². The van der Waals surface area contributed by atoms with Crippen LogP contribution in [0.5, 0.6) is 5.75 Å². The molecule has 0 unspecified atom stereocenters. The van der Waals surface area contributed by atoms with Crippen molar-refractivity contribution in [3.05, 3.63) is 53.4 Å². The summed E-state index contributed by atoms with van der Waals surface area (Å²) in [7, 11) is 1.56. The molecule has 1 N–H and O–H groups in total. The molecule has 3 rings (SSSR count). The average molecular weight is 389 g/mol. The number of halogens is 1. The zero-order chi connectivity index (χ0) is 19.4. The first kappa shape index (κ1) is 18.7. The molecular weight excluding hydrogens is 372 g/mol. The van der Waals surface area contributed by atoms with E-state index < -0.39 is 18.0 Å². The number of carbonyl (C=O) groups excluding carboxylic acids is 2. The van der Waals surface area contributed by atoms with Crippen LogP contribution in [0, 0.1) is 0 Å². The van der Waals surface area contributed by atoms with Crippen LogP contribution >= 0.6 is 11.6 Å². The summed E-state index contributed by atoms with van der Waals surface area (Å²) >= 11 is 5.75. The number of pyridine rings is 1. The van der Waals surface area contributed by atoms with Gasteiger partial charge in [-0.25, -0.2) is 4.98 Å². The number of amides is 1. The SMILES string of the molecule is COc1ccc2c(CC(=O)O[C@@H](C)C(=O)Nc3ccc(Cl)cn3)coc2c1. The van der Waals surface area contributed by atoms with E-state index in [4.69, 9.17) is 25.5 Å². The topological polar surface area (TPSA) is 90.7 Å². The maximum Gasteiger partial charge on any atom is 0.311 e. The van der Waals surface area contributed by atoms with Gasteiger partial charge in [0, 0.05) is 23.2 Å². The summed E-state index contributed by atoms with van der Waals surface area (Å²) in [5, 5.41) is 3.80. The number of hydrogen-bond donors (Lipinski definition) is 1. The van der Waals surface area contributed by atoms with E-state index in [-0.39, 0.29) is 6.42 Å². The van der Waals surface area contributed by atoms with Crippen LogP contribution in [-0.4, -0.2) is 30.1 Å². The molecule has 0 aliphatic rings. The number of furan rings is 1. The van der Waals surface area contributed by atoms with Gasteiger partial charge in [0.1, 0.15) is 17.2 Å². The minimum Gasteiger partial charge on any atom is -0.497 e. The lowest BCUT2D eigenvalue weighted by Gasteiger charge is -2.13. The molecule has 7 nitrogen and oxygen atoms in total. The molecule has 0 bridgehead atoms. The number of aromatic nitrogens is 1. The molecule has 0 spiro atoms. The molecule has 2 heterocycles. The summed E-state index contributed by atoms with van der Waals surface area (Å²) in [4.78, 5) is 28.3. The number of nitrogens with one attached hydrogen (secondary N) is 1. The molecule has 1 atom stereocenters. The molecule has 0 fully saturated rings. The lowest BCUT2D eigenvalue weighted by Crippen LogP contribution is -2.30. The van der Waals surface area contributed by atoms with Gasteiger partial charge in [-0.1, -0.05) is 11.6 Å². The highest BCUT2D eigenvalue weighted by molar-refractivity contribution is 6.30. The highest BCUT2D eigenvalue weighted by atomic mass is 35.5. The third kappa shape index (κ3) is 4.57. The highest BCUT2D eigenvalue weighted by Gasteiger charge is 2.20. The lowest BCUT2D eigenvalue weighted by molar-refractivity contribution is -0.152. The fourth-order valence-corrected chi connectivity index (χ4v) is 2.56. The van der Waals surface area contributed by atoms with Gasteiger partial charge in [-0.3, -0.25) is 9.59 Å². The van der Waals surface area contributed by atoms with Crippen molar-refractivity contribution in [1.29, 1.82) is 0 Å². The minimum atomic E-state index is -0.978. The molecule has 27 heavy (non-hydrogen) atoms.